The summed E-state index contributed by atoms with van der Waals surface area (Å²) in [5.74, 6) is -1.14. The van der Waals surface area contributed by atoms with E-state index in [9.17, 15) is 19.8 Å². The maximum absolute atomic E-state index is 11.9. The fraction of sp³-hybridized carbons (Fsp3) is 0.650. The molecule has 0 aliphatic heterocycles. The van der Waals surface area contributed by atoms with Crippen molar-refractivity contribution in [1.29, 1.82) is 0 Å². The second-order valence-electron chi connectivity index (χ2n) is 6.96. The summed E-state index contributed by atoms with van der Waals surface area (Å²) >= 11 is 0. The van der Waals surface area contributed by atoms with Gasteiger partial charge >= 0.3 is 5.97 Å². The van der Waals surface area contributed by atoms with E-state index in [2.05, 4.69) is 18.7 Å². The summed E-state index contributed by atoms with van der Waals surface area (Å²) in [6, 6.07) is 0. The smallest absolute Gasteiger partial charge is 0.340 e. The molecular formula is C20H28O4. The summed E-state index contributed by atoms with van der Waals surface area (Å²) in [7, 11) is 0. The molecule has 4 nitrogen and oxygen atoms in total. The summed E-state index contributed by atoms with van der Waals surface area (Å²) in [5, 5.41) is 19.8. The number of carbonyl (C=O) groups excluding carboxylic acids is 1. The highest BCUT2D eigenvalue weighted by Gasteiger charge is 2.43. The van der Waals surface area contributed by atoms with Crippen LogP contribution in [0, 0.1) is 11.8 Å². The molecule has 132 valence electrons. The largest absolute Gasteiger partial charge is 0.479 e. The Hall–Kier alpha value is -1.64. The first-order valence-electron chi connectivity index (χ1n) is 9.08. The van der Waals surface area contributed by atoms with Crippen LogP contribution in [0.15, 0.2) is 29.5 Å². The van der Waals surface area contributed by atoms with E-state index in [0.717, 1.165) is 44.9 Å². The average molecular weight is 332 g/mol. The molecule has 1 saturated carbocycles. The Morgan fingerprint density at radius 3 is 2.75 bits per heavy atom. The van der Waals surface area contributed by atoms with Gasteiger partial charge in [0.15, 0.2) is 5.60 Å². The lowest BCUT2D eigenvalue weighted by Crippen LogP contribution is -2.42. The van der Waals surface area contributed by atoms with E-state index in [-0.39, 0.29) is 17.6 Å². The number of allylic oxidation sites excluding steroid dienone is 2. The second kappa shape index (κ2) is 8.46. The van der Waals surface area contributed by atoms with Gasteiger partial charge < -0.3 is 10.2 Å². The number of hydrogen-bond donors (Lipinski definition) is 2. The maximum atomic E-state index is 11.9. The van der Waals surface area contributed by atoms with Crippen molar-refractivity contribution in [3.8, 4) is 0 Å². The highest BCUT2D eigenvalue weighted by atomic mass is 16.4. The first kappa shape index (κ1) is 18.7. The van der Waals surface area contributed by atoms with Crippen LogP contribution >= 0.6 is 0 Å². The van der Waals surface area contributed by atoms with Gasteiger partial charge in [0.05, 0.1) is 0 Å². The van der Waals surface area contributed by atoms with Crippen molar-refractivity contribution < 1.29 is 19.8 Å². The minimum absolute atomic E-state index is 0.0104. The van der Waals surface area contributed by atoms with E-state index in [1.54, 1.807) is 6.08 Å². The molecule has 0 radical (unpaired) electrons. The lowest BCUT2D eigenvalue weighted by atomic mass is 9.86. The van der Waals surface area contributed by atoms with Crippen LogP contribution in [0.1, 0.15) is 64.7 Å². The molecular weight excluding hydrogens is 304 g/mol. The average Bonchev–Trinajstić information content (AvgIpc) is 3.19. The Kier molecular flexibility index (Phi) is 6.59. The van der Waals surface area contributed by atoms with Crippen LogP contribution < -0.4 is 0 Å². The van der Waals surface area contributed by atoms with Crippen LogP contribution in [0.25, 0.3) is 0 Å². The van der Waals surface area contributed by atoms with Crippen LogP contribution in [-0.4, -0.2) is 27.6 Å². The Morgan fingerprint density at radius 1 is 1.42 bits per heavy atom. The zero-order chi connectivity index (χ0) is 17.6. The third-order valence-corrected chi connectivity index (χ3v) is 5.28. The summed E-state index contributed by atoms with van der Waals surface area (Å²) in [6.45, 7) is 2.11. The molecule has 2 aliphatic carbocycles. The standard InChI is InChI=1S/C20H28O4/c1-2-8-15-12-13-18(21)17(15)11-4-3-7-14-20(24,19(22)23)16-9-5-6-10-16/h3,12,14,16-17,24H,2,4-6,8-11,13H2,1H3,(H,22,23)/t7?,17-,20?/m1/s1. The summed E-state index contributed by atoms with van der Waals surface area (Å²) in [5.41, 5.74) is 2.29. The van der Waals surface area contributed by atoms with Crippen LogP contribution in [-0.2, 0) is 9.59 Å². The van der Waals surface area contributed by atoms with E-state index in [1.807, 2.05) is 0 Å². The fourth-order valence-electron chi connectivity index (χ4n) is 3.87. The van der Waals surface area contributed by atoms with Gasteiger partial charge in [0.25, 0.3) is 0 Å². The van der Waals surface area contributed by atoms with E-state index in [1.165, 1.54) is 11.6 Å². The van der Waals surface area contributed by atoms with Crippen molar-refractivity contribution in [2.45, 2.75) is 70.3 Å². The number of aliphatic carboxylic acids is 1. The monoisotopic (exact) mass is 332 g/mol. The number of ketones is 1. The first-order valence-corrected chi connectivity index (χ1v) is 9.08. The van der Waals surface area contributed by atoms with E-state index in [0.29, 0.717) is 12.8 Å². The molecule has 1 fully saturated rings. The molecule has 0 aromatic carbocycles. The van der Waals surface area contributed by atoms with Crippen LogP contribution in [0.3, 0.4) is 0 Å². The van der Waals surface area contributed by atoms with Crippen molar-refractivity contribution in [1.82, 2.24) is 0 Å². The lowest BCUT2D eigenvalue weighted by molar-refractivity contribution is -0.158. The zero-order valence-corrected chi connectivity index (χ0v) is 14.5. The van der Waals surface area contributed by atoms with Crippen LogP contribution in [0.4, 0.5) is 0 Å². The minimum Gasteiger partial charge on any atom is -0.479 e. The number of rotatable bonds is 8. The molecule has 0 bridgehead atoms. The van der Waals surface area contributed by atoms with E-state index >= 15 is 0 Å². The molecule has 0 amide bonds. The topological polar surface area (TPSA) is 74.6 Å². The minimum atomic E-state index is -1.82. The maximum Gasteiger partial charge on any atom is 0.340 e. The van der Waals surface area contributed by atoms with E-state index < -0.39 is 11.6 Å². The molecule has 4 heteroatoms. The zero-order valence-electron chi connectivity index (χ0n) is 14.5. The lowest BCUT2D eigenvalue weighted by Gasteiger charge is -2.25. The molecule has 2 aliphatic rings. The normalized spacial score (nSPS) is 23.5. The van der Waals surface area contributed by atoms with Gasteiger partial charge in [-0.2, -0.15) is 0 Å². The van der Waals surface area contributed by atoms with Crippen molar-refractivity contribution in [2.75, 3.05) is 0 Å². The molecule has 0 spiro atoms. The van der Waals surface area contributed by atoms with Gasteiger partial charge in [-0.15, -0.1) is 5.73 Å². The van der Waals surface area contributed by atoms with Crippen molar-refractivity contribution in [3.05, 3.63) is 29.5 Å². The molecule has 0 aromatic rings. The quantitative estimate of drug-likeness (QED) is 0.524. The van der Waals surface area contributed by atoms with Crippen LogP contribution in [0.5, 0.6) is 0 Å². The molecule has 24 heavy (non-hydrogen) atoms. The molecule has 0 heterocycles. The number of Topliss-reactive ketones (excluding diaryl/α,β-unsaturated/α-hetero) is 1. The van der Waals surface area contributed by atoms with Crippen molar-refractivity contribution >= 4 is 11.8 Å². The number of carbonyl (C=O) groups is 2. The molecule has 2 atom stereocenters. The van der Waals surface area contributed by atoms with Gasteiger partial charge in [-0.3, -0.25) is 4.79 Å². The van der Waals surface area contributed by atoms with Gasteiger partial charge in [-0.05, 0) is 38.2 Å². The summed E-state index contributed by atoms with van der Waals surface area (Å²) in [4.78, 5) is 23.4. The Bertz CT molecular complexity index is 562. The van der Waals surface area contributed by atoms with Gasteiger partial charge in [0.2, 0.25) is 0 Å². The van der Waals surface area contributed by atoms with Gasteiger partial charge in [0, 0.05) is 24.3 Å². The SMILES string of the molecule is CCCC1=CCC(=O)[C@@H]1CCC=C=CC(O)(C(=O)O)C1CCCC1. The third kappa shape index (κ3) is 4.25. The Labute approximate surface area is 144 Å². The van der Waals surface area contributed by atoms with E-state index in [4.69, 9.17) is 0 Å². The predicted molar refractivity (Wildman–Crippen MR) is 92.5 cm³/mol. The fourth-order valence-corrected chi connectivity index (χ4v) is 3.87. The molecule has 0 saturated heterocycles. The highest BCUT2D eigenvalue weighted by Crippen LogP contribution is 2.35. The third-order valence-electron chi connectivity index (χ3n) is 5.28. The Balaban J connectivity index is 1.94. The number of aliphatic hydroxyl groups is 1. The van der Waals surface area contributed by atoms with Crippen molar-refractivity contribution in [2.24, 2.45) is 11.8 Å². The summed E-state index contributed by atoms with van der Waals surface area (Å²) < 4.78 is 0. The summed E-state index contributed by atoms with van der Waals surface area (Å²) in [6.07, 6.45) is 12.5. The number of carboxylic acid groups (broad SMARTS) is 1. The predicted octanol–water partition coefficient (Wildman–Crippen LogP) is 3.80. The first-order chi connectivity index (χ1) is 11.5. The number of carboxylic acids is 1. The van der Waals surface area contributed by atoms with Crippen molar-refractivity contribution in [3.63, 3.8) is 0 Å². The van der Waals surface area contributed by atoms with Gasteiger partial charge in [-0.25, -0.2) is 4.79 Å². The molecule has 2 rings (SSSR count). The molecule has 2 N–H and O–H groups in total. The second-order valence-corrected chi connectivity index (χ2v) is 6.96. The number of hydrogen-bond acceptors (Lipinski definition) is 3. The molecule has 0 aromatic heterocycles. The van der Waals surface area contributed by atoms with Gasteiger partial charge in [0.1, 0.15) is 5.78 Å². The van der Waals surface area contributed by atoms with Crippen LogP contribution in [0.2, 0.25) is 0 Å². The highest BCUT2D eigenvalue weighted by molar-refractivity contribution is 5.88. The van der Waals surface area contributed by atoms with Gasteiger partial charge in [-0.1, -0.05) is 37.8 Å². The Morgan fingerprint density at radius 2 is 2.12 bits per heavy atom. The molecule has 1 unspecified atom stereocenters.